The van der Waals surface area contributed by atoms with Crippen molar-refractivity contribution in [3.05, 3.63) is 0 Å². The van der Waals surface area contributed by atoms with Gasteiger partial charge in [-0.1, -0.05) is 27.7 Å². The van der Waals surface area contributed by atoms with Crippen molar-refractivity contribution >= 4 is 24.8 Å². The van der Waals surface area contributed by atoms with Crippen molar-refractivity contribution in [2.45, 2.75) is 59.2 Å². The van der Waals surface area contributed by atoms with E-state index in [0.29, 0.717) is 19.2 Å². The third-order valence-corrected chi connectivity index (χ3v) is 3.42. The van der Waals surface area contributed by atoms with E-state index in [1.807, 2.05) is 0 Å². The summed E-state index contributed by atoms with van der Waals surface area (Å²) in [7, 11) is 0. The second-order valence-corrected chi connectivity index (χ2v) is 6.22. The Kier molecular flexibility index (Phi) is 10.4. The average Bonchev–Trinajstić information content (AvgIpc) is 2.49. The first-order valence-electron chi connectivity index (χ1n) is 8.01. The standard InChI is InChI=1S/C16H28N2O6/c1-10(2)13(17-8-19)15(21)23-7-6-12(5)24-16(22)14(11(3)4)18-9-20/h8-14H,6-7H2,1-5H3,(H,17,19)(H,18,20). The van der Waals surface area contributed by atoms with E-state index >= 15 is 0 Å². The predicted molar refractivity (Wildman–Crippen MR) is 86.8 cm³/mol. The van der Waals surface area contributed by atoms with E-state index in [-0.39, 0.29) is 18.4 Å². The van der Waals surface area contributed by atoms with Crippen LogP contribution < -0.4 is 10.6 Å². The van der Waals surface area contributed by atoms with Crippen LogP contribution >= 0.6 is 0 Å². The summed E-state index contributed by atoms with van der Waals surface area (Å²) in [5, 5.41) is 4.83. The molecule has 138 valence electrons. The van der Waals surface area contributed by atoms with Crippen molar-refractivity contribution in [1.82, 2.24) is 10.6 Å². The second kappa shape index (κ2) is 11.4. The molecular formula is C16H28N2O6. The van der Waals surface area contributed by atoms with Crippen molar-refractivity contribution in [2.75, 3.05) is 6.61 Å². The first kappa shape index (κ1) is 21.9. The number of rotatable bonds is 12. The second-order valence-electron chi connectivity index (χ2n) is 6.22. The zero-order valence-electron chi connectivity index (χ0n) is 14.9. The van der Waals surface area contributed by atoms with Crippen molar-refractivity contribution < 1.29 is 28.7 Å². The van der Waals surface area contributed by atoms with E-state index in [4.69, 9.17) is 9.47 Å². The molecule has 8 nitrogen and oxygen atoms in total. The lowest BCUT2D eigenvalue weighted by molar-refractivity contribution is -0.155. The highest BCUT2D eigenvalue weighted by Gasteiger charge is 2.25. The quantitative estimate of drug-likeness (QED) is 0.391. The Morgan fingerprint density at radius 3 is 1.75 bits per heavy atom. The molecule has 8 heteroatoms. The van der Waals surface area contributed by atoms with Crippen LogP contribution in [0.15, 0.2) is 0 Å². The van der Waals surface area contributed by atoms with E-state index in [1.54, 1.807) is 34.6 Å². The van der Waals surface area contributed by atoms with Gasteiger partial charge in [-0.15, -0.1) is 0 Å². The molecule has 2 N–H and O–H groups in total. The molecule has 0 spiro atoms. The summed E-state index contributed by atoms with van der Waals surface area (Å²) in [6.45, 7) is 8.90. The van der Waals surface area contributed by atoms with E-state index in [2.05, 4.69) is 10.6 Å². The molecule has 0 aliphatic carbocycles. The van der Waals surface area contributed by atoms with Gasteiger partial charge < -0.3 is 20.1 Å². The summed E-state index contributed by atoms with van der Waals surface area (Å²) in [6, 6.07) is -1.42. The van der Waals surface area contributed by atoms with Gasteiger partial charge in [-0.3, -0.25) is 9.59 Å². The molecule has 0 aliphatic rings. The zero-order chi connectivity index (χ0) is 18.7. The van der Waals surface area contributed by atoms with Crippen molar-refractivity contribution in [2.24, 2.45) is 11.8 Å². The highest BCUT2D eigenvalue weighted by atomic mass is 16.6. The number of amides is 2. The highest BCUT2D eigenvalue weighted by Crippen LogP contribution is 2.08. The molecule has 0 saturated carbocycles. The Morgan fingerprint density at radius 2 is 1.33 bits per heavy atom. The zero-order valence-corrected chi connectivity index (χ0v) is 14.9. The Labute approximate surface area is 142 Å². The molecule has 0 aromatic rings. The Balaban J connectivity index is 4.32. The number of carbonyl (C=O) groups is 4. The molecule has 3 atom stereocenters. The molecular weight excluding hydrogens is 316 g/mol. The topological polar surface area (TPSA) is 111 Å². The van der Waals surface area contributed by atoms with Gasteiger partial charge in [0.05, 0.1) is 6.61 Å². The van der Waals surface area contributed by atoms with Crippen LogP contribution in [0.1, 0.15) is 41.0 Å². The molecule has 0 aliphatic heterocycles. The molecule has 0 heterocycles. The number of nitrogens with one attached hydrogen (secondary N) is 2. The molecule has 3 unspecified atom stereocenters. The summed E-state index contributed by atoms with van der Waals surface area (Å²) in [5.41, 5.74) is 0. The maximum Gasteiger partial charge on any atom is 0.329 e. The smallest absolute Gasteiger partial charge is 0.329 e. The summed E-state index contributed by atoms with van der Waals surface area (Å²) in [4.78, 5) is 44.8. The van der Waals surface area contributed by atoms with Crippen LogP contribution in [0, 0.1) is 11.8 Å². The van der Waals surface area contributed by atoms with Crippen LogP contribution in [-0.2, 0) is 28.7 Å². The lowest BCUT2D eigenvalue weighted by atomic mass is 10.1. The fraction of sp³-hybridized carbons (Fsp3) is 0.750. The fourth-order valence-corrected chi connectivity index (χ4v) is 1.96. The average molecular weight is 344 g/mol. The third kappa shape index (κ3) is 7.94. The molecule has 2 amide bonds. The lowest BCUT2D eigenvalue weighted by Crippen LogP contribution is -2.43. The molecule has 0 aromatic carbocycles. The minimum absolute atomic E-state index is 0.0600. The van der Waals surface area contributed by atoms with E-state index in [9.17, 15) is 19.2 Å². The number of esters is 2. The summed E-state index contributed by atoms with van der Waals surface area (Å²) < 4.78 is 10.3. The molecule has 0 radical (unpaired) electrons. The van der Waals surface area contributed by atoms with Crippen LogP contribution in [0.4, 0.5) is 0 Å². The van der Waals surface area contributed by atoms with Crippen molar-refractivity contribution in [1.29, 1.82) is 0 Å². The fourth-order valence-electron chi connectivity index (χ4n) is 1.96. The summed E-state index contributed by atoms with van der Waals surface area (Å²) in [5.74, 6) is -1.26. The van der Waals surface area contributed by atoms with E-state index in [1.165, 1.54) is 0 Å². The molecule has 0 bridgehead atoms. The maximum absolute atomic E-state index is 12.0. The summed E-state index contributed by atoms with van der Waals surface area (Å²) >= 11 is 0. The monoisotopic (exact) mass is 344 g/mol. The third-order valence-electron chi connectivity index (χ3n) is 3.42. The predicted octanol–water partition coefficient (Wildman–Crippen LogP) is 0.393. The minimum atomic E-state index is -0.713. The first-order chi connectivity index (χ1) is 11.2. The van der Waals surface area contributed by atoms with E-state index in [0.717, 1.165) is 0 Å². The minimum Gasteiger partial charge on any atom is -0.464 e. The van der Waals surface area contributed by atoms with Gasteiger partial charge in [-0.05, 0) is 18.8 Å². The van der Waals surface area contributed by atoms with Gasteiger partial charge >= 0.3 is 11.9 Å². The number of hydrogen-bond donors (Lipinski definition) is 2. The normalized spacial score (nSPS) is 14.5. The van der Waals surface area contributed by atoms with Crippen LogP contribution in [0.5, 0.6) is 0 Å². The van der Waals surface area contributed by atoms with E-state index < -0.39 is 30.1 Å². The largest absolute Gasteiger partial charge is 0.464 e. The van der Waals surface area contributed by atoms with Gasteiger partial charge in [0.25, 0.3) is 0 Å². The first-order valence-corrected chi connectivity index (χ1v) is 8.01. The van der Waals surface area contributed by atoms with Crippen LogP contribution in [0.3, 0.4) is 0 Å². The summed E-state index contributed by atoms with van der Waals surface area (Å²) in [6.07, 6.45) is 0.763. The van der Waals surface area contributed by atoms with Gasteiger partial charge in [0.15, 0.2) is 0 Å². The van der Waals surface area contributed by atoms with Gasteiger partial charge in [-0.2, -0.15) is 0 Å². The SMILES string of the molecule is CC(CCOC(=O)C(NC=O)C(C)C)OC(=O)C(NC=O)C(C)C. The molecule has 24 heavy (non-hydrogen) atoms. The molecule has 0 fully saturated rings. The Hall–Kier alpha value is -2.12. The van der Waals surface area contributed by atoms with Crippen molar-refractivity contribution in [3.8, 4) is 0 Å². The van der Waals surface area contributed by atoms with Crippen LogP contribution in [0.25, 0.3) is 0 Å². The molecule has 0 aromatic heterocycles. The molecule has 0 saturated heterocycles. The lowest BCUT2D eigenvalue weighted by Gasteiger charge is -2.22. The maximum atomic E-state index is 12.0. The Bertz CT molecular complexity index is 425. The number of carbonyl (C=O) groups excluding carboxylic acids is 4. The Morgan fingerprint density at radius 1 is 0.875 bits per heavy atom. The number of ether oxygens (including phenoxy) is 2. The number of hydrogen-bond acceptors (Lipinski definition) is 6. The highest BCUT2D eigenvalue weighted by molar-refractivity contribution is 5.79. The van der Waals surface area contributed by atoms with Gasteiger partial charge in [0.2, 0.25) is 12.8 Å². The van der Waals surface area contributed by atoms with Crippen LogP contribution in [-0.4, -0.2) is 49.6 Å². The van der Waals surface area contributed by atoms with Crippen molar-refractivity contribution in [3.63, 3.8) is 0 Å². The van der Waals surface area contributed by atoms with Gasteiger partial charge in [0.1, 0.15) is 18.2 Å². The van der Waals surface area contributed by atoms with Gasteiger partial charge in [-0.25, -0.2) is 9.59 Å². The van der Waals surface area contributed by atoms with Crippen LogP contribution in [0.2, 0.25) is 0 Å². The molecule has 0 rings (SSSR count). The van der Waals surface area contributed by atoms with Gasteiger partial charge in [0, 0.05) is 6.42 Å².